The highest BCUT2D eigenvalue weighted by Gasteiger charge is 2.21. The van der Waals surface area contributed by atoms with Gasteiger partial charge in [0.05, 0.1) is 5.69 Å². The highest BCUT2D eigenvalue weighted by molar-refractivity contribution is 5.78. The van der Waals surface area contributed by atoms with Crippen LogP contribution in [0.2, 0.25) is 0 Å². The third-order valence-corrected chi connectivity index (χ3v) is 7.43. The third-order valence-electron chi connectivity index (χ3n) is 7.43. The quantitative estimate of drug-likeness (QED) is 0.221. The second-order valence-electron chi connectivity index (χ2n) is 10.00. The first kappa shape index (κ1) is 23.9. The highest BCUT2D eigenvalue weighted by atomic mass is 15.3. The molecule has 0 amide bonds. The molecule has 7 rings (SSSR count). The molecule has 192 valence electrons. The van der Waals surface area contributed by atoms with Crippen molar-refractivity contribution in [1.82, 2.24) is 9.97 Å². The van der Waals surface area contributed by atoms with E-state index in [1.807, 2.05) is 24.4 Å². The van der Waals surface area contributed by atoms with E-state index in [4.69, 9.17) is 4.98 Å². The summed E-state index contributed by atoms with van der Waals surface area (Å²) >= 11 is 0. The van der Waals surface area contributed by atoms with E-state index in [0.29, 0.717) is 0 Å². The third kappa shape index (κ3) is 4.72. The summed E-state index contributed by atoms with van der Waals surface area (Å²) in [4.78, 5) is 14.0. The van der Waals surface area contributed by atoms with Crippen LogP contribution < -0.4 is 9.80 Å². The van der Waals surface area contributed by atoms with Gasteiger partial charge >= 0.3 is 0 Å². The Morgan fingerprint density at radius 2 is 0.950 bits per heavy atom. The minimum atomic E-state index is 0.773. The van der Waals surface area contributed by atoms with Crippen molar-refractivity contribution in [2.75, 3.05) is 9.80 Å². The highest BCUT2D eigenvalue weighted by Crippen LogP contribution is 2.35. The van der Waals surface area contributed by atoms with Gasteiger partial charge < -0.3 is 9.80 Å². The second-order valence-corrected chi connectivity index (χ2v) is 10.00. The van der Waals surface area contributed by atoms with Gasteiger partial charge in [-0.05, 0) is 64.7 Å². The van der Waals surface area contributed by atoms with Crippen LogP contribution in [-0.4, -0.2) is 9.97 Å². The molecule has 0 spiro atoms. The summed E-state index contributed by atoms with van der Waals surface area (Å²) in [6.45, 7) is 1.70. The van der Waals surface area contributed by atoms with Crippen molar-refractivity contribution < 1.29 is 0 Å². The van der Waals surface area contributed by atoms with E-state index >= 15 is 0 Å². The molecule has 0 bridgehead atoms. The van der Waals surface area contributed by atoms with Gasteiger partial charge in [-0.3, -0.25) is 0 Å². The first-order valence-electron chi connectivity index (χ1n) is 13.6. The number of fused-ring (bicyclic) bond motifs is 1. The molecule has 5 aromatic carbocycles. The maximum absolute atomic E-state index is 4.91. The molecule has 0 fully saturated rings. The van der Waals surface area contributed by atoms with Crippen LogP contribution in [0.5, 0.6) is 0 Å². The summed E-state index contributed by atoms with van der Waals surface area (Å²) in [6.07, 6.45) is 1.86. The van der Waals surface area contributed by atoms with Crippen LogP contribution in [0, 0.1) is 0 Å². The van der Waals surface area contributed by atoms with Crippen molar-refractivity contribution in [3.05, 3.63) is 157 Å². The van der Waals surface area contributed by atoms with Crippen molar-refractivity contribution in [2.24, 2.45) is 0 Å². The van der Waals surface area contributed by atoms with E-state index < -0.39 is 0 Å². The zero-order chi connectivity index (χ0) is 26.7. The van der Waals surface area contributed by atoms with Crippen LogP contribution in [0.3, 0.4) is 0 Å². The monoisotopic (exact) mass is 516 g/mol. The predicted octanol–water partition coefficient (Wildman–Crippen LogP) is 8.80. The predicted molar refractivity (Wildman–Crippen MR) is 164 cm³/mol. The normalized spacial score (nSPS) is 12.2. The Hall–Kier alpha value is -5.22. The molecular formula is C36H28N4. The standard InChI is InChI=1S/C36H28N4/c1-3-11-32(12-4-1)40(33-13-5-2-6-14-33)34-21-19-28(20-22-34)27-15-17-29(18-16-27)35-23-24-37-36(38-35)39-25-30-9-7-8-10-31(30)26-39/h1-24H,25-26H2. The summed E-state index contributed by atoms with van der Waals surface area (Å²) in [5.74, 6) is 0.773. The van der Waals surface area contributed by atoms with Gasteiger partial charge in [0.25, 0.3) is 0 Å². The largest absolute Gasteiger partial charge is 0.332 e. The van der Waals surface area contributed by atoms with Gasteiger partial charge in [0.15, 0.2) is 0 Å². The SMILES string of the molecule is c1ccc(N(c2ccccc2)c2ccc(-c3ccc(-c4ccnc(N5Cc6ccccc6C5)n4)cc3)cc2)cc1. The summed E-state index contributed by atoms with van der Waals surface area (Å²) in [7, 11) is 0. The fourth-order valence-corrected chi connectivity index (χ4v) is 5.37. The molecule has 40 heavy (non-hydrogen) atoms. The van der Waals surface area contributed by atoms with Crippen LogP contribution in [0.15, 0.2) is 146 Å². The zero-order valence-corrected chi connectivity index (χ0v) is 22.1. The summed E-state index contributed by atoms with van der Waals surface area (Å²) in [5.41, 5.74) is 10.4. The number of nitrogens with zero attached hydrogens (tertiary/aromatic N) is 4. The van der Waals surface area contributed by atoms with E-state index in [1.165, 1.54) is 22.3 Å². The molecule has 1 aliphatic heterocycles. The van der Waals surface area contributed by atoms with Gasteiger partial charge in [-0.1, -0.05) is 97.1 Å². The minimum absolute atomic E-state index is 0.773. The number of aromatic nitrogens is 2. The molecule has 0 radical (unpaired) electrons. The van der Waals surface area contributed by atoms with Crippen molar-refractivity contribution in [1.29, 1.82) is 0 Å². The summed E-state index contributed by atoms with van der Waals surface area (Å²) in [5, 5.41) is 0. The zero-order valence-electron chi connectivity index (χ0n) is 22.1. The molecule has 4 nitrogen and oxygen atoms in total. The van der Waals surface area contributed by atoms with Crippen molar-refractivity contribution in [3.8, 4) is 22.4 Å². The lowest BCUT2D eigenvalue weighted by molar-refractivity contribution is 0.829. The fraction of sp³-hybridized carbons (Fsp3) is 0.0556. The Morgan fingerprint density at radius 3 is 1.52 bits per heavy atom. The number of benzene rings is 5. The minimum Gasteiger partial charge on any atom is -0.332 e. The van der Waals surface area contributed by atoms with Crippen molar-refractivity contribution >= 4 is 23.0 Å². The Morgan fingerprint density at radius 1 is 0.475 bits per heavy atom. The molecule has 0 N–H and O–H groups in total. The van der Waals surface area contributed by atoms with Crippen molar-refractivity contribution in [2.45, 2.75) is 13.1 Å². The van der Waals surface area contributed by atoms with Crippen LogP contribution in [-0.2, 0) is 13.1 Å². The van der Waals surface area contributed by atoms with Crippen LogP contribution in [0.1, 0.15) is 11.1 Å². The number of hydrogen-bond acceptors (Lipinski definition) is 4. The molecule has 4 heteroatoms. The Bertz CT molecular complexity index is 1670. The van der Waals surface area contributed by atoms with Gasteiger partial charge in [0.2, 0.25) is 5.95 Å². The molecule has 6 aromatic rings. The molecule has 0 aliphatic carbocycles. The van der Waals surface area contributed by atoms with Gasteiger partial charge in [0.1, 0.15) is 0 Å². The van der Waals surface area contributed by atoms with Gasteiger partial charge in [-0.25, -0.2) is 9.97 Å². The molecule has 0 saturated heterocycles. The Balaban J connectivity index is 1.12. The molecule has 2 heterocycles. The van der Waals surface area contributed by atoms with E-state index in [-0.39, 0.29) is 0 Å². The lowest BCUT2D eigenvalue weighted by atomic mass is 10.0. The first-order chi connectivity index (χ1) is 19.8. The fourth-order valence-electron chi connectivity index (χ4n) is 5.37. The molecule has 0 atom stereocenters. The average Bonchev–Trinajstić information content (AvgIpc) is 3.48. The summed E-state index contributed by atoms with van der Waals surface area (Å²) in [6, 6.07) is 48.9. The Kier molecular flexibility index (Phi) is 6.27. The average molecular weight is 517 g/mol. The first-order valence-corrected chi connectivity index (χ1v) is 13.6. The van der Waals surface area contributed by atoms with Crippen LogP contribution in [0.25, 0.3) is 22.4 Å². The lowest BCUT2D eigenvalue weighted by Gasteiger charge is -2.25. The van der Waals surface area contributed by atoms with E-state index in [1.54, 1.807) is 0 Å². The maximum atomic E-state index is 4.91. The molecule has 1 aromatic heterocycles. The molecule has 1 aliphatic rings. The number of para-hydroxylation sites is 2. The summed E-state index contributed by atoms with van der Waals surface area (Å²) < 4.78 is 0. The van der Waals surface area contributed by atoms with Crippen molar-refractivity contribution in [3.63, 3.8) is 0 Å². The smallest absolute Gasteiger partial charge is 0.226 e. The molecular weight excluding hydrogens is 488 g/mol. The van der Waals surface area contributed by atoms with E-state index in [2.05, 4.69) is 136 Å². The number of anilines is 4. The topological polar surface area (TPSA) is 32.3 Å². The van der Waals surface area contributed by atoms with Crippen LogP contribution >= 0.6 is 0 Å². The van der Waals surface area contributed by atoms with E-state index in [0.717, 1.165) is 47.4 Å². The van der Waals surface area contributed by atoms with Crippen LogP contribution in [0.4, 0.5) is 23.0 Å². The second kappa shape index (κ2) is 10.5. The van der Waals surface area contributed by atoms with Gasteiger partial charge in [0, 0.05) is 41.9 Å². The lowest BCUT2D eigenvalue weighted by Crippen LogP contribution is -2.17. The van der Waals surface area contributed by atoms with Gasteiger partial charge in [-0.15, -0.1) is 0 Å². The maximum Gasteiger partial charge on any atom is 0.226 e. The molecule has 0 saturated carbocycles. The number of hydrogen-bond donors (Lipinski definition) is 0. The van der Waals surface area contributed by atoms with E-state index in [9.17, 15) is 0 Å². The number of rotatable bonds is 6. The van der Waals surface area contributed by atoms with Gasteiger partial charge in [-0.2, -0.15) is 0 Å². The Labute approximate surface area is 234 Å². The molecule has 0 unspecified atom stereocenters.